The third-order valence-corrected chi connectivity index (χ3v) is 4.49. The molecule has 2 fully saturated rings. The first kappa shape index (κ1) is 17.9. The fraction of sp³-hybridized carbons (Fsp3) is 0.722. The van der Waals surface area contributed by atoms with E-state index in [2.05, 4.69) is 20.9 Å². The monoisotopic (exact) mass is 348 g/mol. The minimum Gasteiger partial charge on any atom is -0.444 e. The molecule has 1 unspecified atom stereocenters. The van der Waals surface area contributed by atoms with E-state index in [0.29, 0.717) is 19.0 Å². The van der Waals surface area contributed by atoms with Crippen LogP contribution >= 0.6 is 0 Å². The van der Waals surface area contributed by atoms with Crippen LogP contribution in [0.25, 0.3) is 0 Å². The average molecular weight is 348 g/mol. The lowest BCUT2D eigenvalue weighted by molar-refractivity contribution is 0.0263. The summed E-state index contributed by atoms with van der Waals surface area (Å²) in [5, 5.41) is 0. The van der Waals surface area contributed by atoms with Crippen molar-refractivity contribution in [2.45, 2.75) is 45.1 Å². The molecule has 25 heavy (non-hydrogen) atoms. The normalized spacial score (nSPS) is 22.0. The molecule has 0 N–H and O–H groups in total. The summed E-state index contributed by atoms with van der Waals surface area (Å²) in [5.74, 6) is 1.30. The Morgan fingerprint density at radius 1 is 1.24 bits per heavy atom. The number of hydrogen-bond donors (Lipinski definition) is 0. The quantitative estimate of drug-likeness (QED) is 0.818. The lowest BCUT2D eigenvalue weighted by Crippen LogP contribution is -2.39. The van der Waals surface area contributed by atoms with Crippen LogP contribution in [-0.4, -0.2) is 66.0 Å². The lowest BCUT2D eigenvalue weighted by Gasteiger charge is -2.26. The molecule has 7 heteroatoms. The van der Waals surface area contributed by atoms with Crippen LogP contribution in [0.5, 0.6) is 0 Å². The van der Waals surface area contributed by atoms with E-state index in [1.54, 1.807) is 11.2 Å². The summed E-state index contributed by atoms with van der Waals surface area (Å²) >= 11 is 0. The van der Waals surface area contributed by atoms with Crippen molar-refractivity contribution in [3.05, 3.63) is 18.1 Å². The zero-order valence-electron chi connectivity index (χ0n) is 15.4. The predicted octanol–water partition coefficient (Wildman–Crippen LogP) is 2.43. The molecule has 0 aliphatic carbocycles. The summed E-state index contributed by atoms with van der Waals surface area (Å²) in [6.07, 6.45) is 3.31. The Morgan fingerprint density at radius 3 is 2.80 bits per heavy atom. The van der Waals surface area contributed by atoms with Gasteiger partial charge >= 0.3 is 6.09 Å². The van der Waals surface area contributed by atoms with Gasteiger partial charge in [0.2, 0.25) is 0 Å². The van der Waals surface area contributed by atoms with Gasteiger partial charge in [0.25, 0.3) is 0 Å². The molecule has 3 heterocycles. The van der Waals surface area contributed by atoms with Crippen LogP contribution < -0.4 is 4.90 Å². The van der Waals surface area contributed by atoms with Crippen molar-refractivity contribution in [3.63, 3.8) is 0 Å². The zero-order valence-corrected chi connectivity index (χ0v) is 15.4. The van der Waals surface area contributed by atoms with Crippen LogP contribution in [0.3, 0.4) is 0 Å². The van der Waals surface area contributed by atoms with Gasteiger partial charge in [0.05, 0.1) is 12.3 Å². The summed E-state index contributed by atoms with van der Waals surface area (Å²) in [6, 6.07) is 2.07. The SMILES string of the molecule is CC(C)(C)OC(=O)N1CCCN(c2cc(C3CCOC3)ncn2)CC1. The Labute approximate surface area is 149 Å². The van der Waals surface area contributed by atoms with E-state index < -0.39 is 5.60 Å². The van der Waals surface area contributed by atoms with E-state index in [1.807, 2.05) is 20.8 Å². The van der Waals surface area contributed by atoms with Crippen LogP contribution in [0.1, 0.15) is 45.2 Å². The Balaban J connectivity index is 1.63. The van der Waals surface area contributed by atoms with Crippen LogP contribution in [0, 0.1) is 0 Å². The van der Waals surface area contributed by atoms with E-state index in [0.717, 1.165) is 50.7 Å². The fourth-order valence-corrected chi connectivity index (χ4v) is 3.18. The highest BCUT2D eigenvalue weighted by molar-refractivity contribution is 5.68. The molecular weight excluding hydrogens is 320 g/mol. The highest BCUT2D eigenvalue weighted by atomic mass is 16.6. The van der Waals surface area contributed by atoms with E-state index in [-0.39, 0.29) is 6.09 Å². The summed E-state index contributed by atoms with van der Waals surface area (Å²) in [6.45, 7) is 10.2. The summed E-state index contributed by atoms with van der Waals surface area (Å²) in [4.78, 5) is 25.2. The smallest absolute Gasteiger partial charge is 0.410 e. The van der Waals surface area contributed by atoms with Gasteiger partial charge in [0.15, 0.2) is 0 Å². The van der Waals surface area contributed by atoms with Crippen molar-refractivity contribution in [1.29, 1.82) is 0 Å². The topological polar surface area (TPSA) is 67.8 Å². The molecule has 0 spiro atoms. The van der Waals surface area contributed by atoms with E-state index in [4.69, 9.17) is 9.47 Å². The summed E-state index contributed by atoms with van der Waals surface area (Å²) < 4.78 is 11.0. The Morgan fingerprint density at radius 2 is 2.08 bits per heavy atom. The Hall–Kier alpha value is -1.89. The number of aromatic nitrogens is 2. The standard InChI is InChI=1S/C18H28N4O3/c1-18(2,3)25-17(23)22-7-4-6-21(8-9-22)16-11-15(19-13-20-16)14-5-10-24-12-14/h11,13-14H,4-10,12H2,1-3H3. The third-order valence-electron chi connectivity index (χ3n) is 4.49. The first-order valence-electron chi connectivity index (χ1n) is 9.05. The number of amides is 1. The second kappa shape index (κ2) is 7.56. The molecule has 1 amide bonds. The van der Waals surface area contributed by atoms with Crippen LogP contribution in [0.15, 0.2) is 12.4 Å². The number of nitrogens with zero attached hydrogens (tertiary/aromatic N) is 4. The van der Waals surface area contributed by atoms with E-state index >= 15 is 0 Å². The number of hydrogen-bond acceptors (Lipinski definition) is 6. The highest BCUT2D eigenvalue weighted by Crippen LogP contribution is 2.25. The van der Waals surface area contributed by atoms with Gasteiger partial charge in [-0.3, -0.25) is 0 Å². The maximum absolute atomic E-state index is 12.3. The molecule has 2 aliphatic heterocycles. The third kappa shape index (κ3) is 4.81. The number of carbonyl (C=O) groups is 1. The maximum Gasteiger partial charge on any atom is 0.410 e. The minimum atomic E-state index is -0.464. The van der Waals surface area contributed by atoms with Gasteiger partial charge in [-0.2, -0.15) is 0 Å². The molecule has 2 aliphatic rings. The van der Waals surface area contributed by atoms with Crippen molar-refractivity contribution >= 4 is 11.9 Å². The molecule has 1 atom stereocenters. The predicted molar refractivity (Wildman–Crippen MR) is 94.8 cm³/mol. The molecule has 7 nitrogen and oxygen atoms in total. The summed E-state index contributed by atoms with van der Waals surface area (Å²) in [7, 11) is 0. The van der Waals surface area contributed by atoms with Gasteiger partial charge in [0, 0.05) is 44.8 Å². The first-order chi connectivity index (χ1) is 11.9. The first-order valence-corrected chi connectivity index (χ1v) is 9.05. The molecule has 0 radical (unpaired) electrons. The second-order valence-electron chi connectivity index (χ2n) is 7.67. The highest BCUT2D eigenvalue weighted by Gasteiger charge is 2.25. The molecule has 138 valence electrons. The van der Waals surface area contributed by atoms with Gasteiger partial charge in [-0.15, -0.1) is 0 Å². The lowest BCUT2D eigenvalue weighted by atomic mass is 10.0. The molecule has 0 saturated carbocycles. The molecule has 1 aromatic heterocycles. The summed E-state index contributed by atoms with van der Waals surface area (Å²) in [5.41, 5.74) is 0.587. The van der Waals surface area contributed by atoms with Crippen molar-refractivity contribution < 1.29 is 14.3 Å². The van der Waals surface area contributed by atoms with Crippen molar-refractivity contribution in [2.75, 3.05) is 44.3 Å². The minimum absolute atomic E-state index is 0.235. The molecule has 1 aromatic rings. The van der Waals surface area contributed by atoms with Crippen molar-refractivity contribution in [3.8, 4) is 0 Å². The van der Waals surface area contributed by atoms with E-state index in [1.165, 1.54) is 0 Å². The second-order valence-corrected chi connectivity index (χ2v) is 7.67. The number of anilines is 1. The number of rotatable bonds is 2. The van der Waals surface area contributed by atoms with Crippen molar-refractivity contribution in [1.82, 2.24) is 14.9 Å². The van der Waals surface area contributed by atoms with Crippen LogP contribution in [0.4, 0.5) is 10.6 Å². The fourth-order valence-electron chi connectivity index (χ4n) is 3.18. The largest absolute Gasteiger partial charge is 0.444 e. The van der Waals surface area contributed by atoms with Gasteiger partial charge in [-0.25, -0.2) is 14.8 Å². The average Bonchev–Trinajstić information content (AvgIpc) is 2.97. The Bertz CT molecular complexity index is 596. The van der Waals surface area contributed by atoms with Gasteiger partial charge in [0.1, 0.15) is 17.7 Å². The maximum atomic E-state index is 12.3. The van der Waals surface area contributed by atoms with Crippen LogP contribution in [-0.2, 0) is 9.47 Å². The molecule has 0 bridgehead atoms. The molecule has 2 saturated heterocycles. The molecule has 0 aromatic carbocycles. The molecule has 3 rings (SSSR count). The van der Waals surface area contributed by atoms with Gasteiger partial charge in [-0.05, 0) is 33.6 Å². The van der Waals surface area contributed by atoms with E-state index in [9.17, 15) is 4.79 Å². The van der Waals surface area contributed by atoms with Crippen LogP contribution in [0.2, 0.25) is 0 Å². The van der Waals surface area contributed by atoms with Crippen molar-refractivity contribution in [2.24, 2.45) is 0 Å². The number of ether oxygens (including phenoxy) is 2. The van der Waals surface area contributed by atoms with Gasteiger partial charge in [-0.1, -0.05) is 0 Å². The van der Waals surface area contributed by atoms with Gasteiger partial charge < -0.3 is 19.3 Å². The zero-order chi connectivity index (χ0) is 17.9. The Kier molecular flexibility index (Phi) is 5.42. The number of carbonyl (C=O) groups excluding carboxylic acids is 1. The molecular formula is C18H28N4O3.